The monoisotopic (exact) mass is 204 g/mol. The smallest absolute Gasteiger partial charge is 0.136 e. The number of hydrogen-bond donors (Lipinski definition) is 1. The Kier molecular flexibility index (Phi) is 2.76. The third-order valence-electron chi connectivity index (χ3n) is 3.37. The van der Waals surface area contributed by atoms with E-state index in [9.17, 15) is 9.90 Å². The number of rotatable bonds is 1. The van der Waals surface area contributed by atoms with Crippen LogP contribution in [-0.4, -0.2) is 10.9 Å². The molecule has 1 saturated carbocycles. The van der Waals surface area contributed by atoms with Gasteiger partial charge in [0.1, 0.15) is 11.5 Å². The minimum absolute atomic E-state index is 0.128. The molecule has 1 aliphatic carbocycles. The maximum absolute atomic E-state index is 11.6. The van der Waals surface area contributed by atoms with E-state index in [2.05, 4.69) is 0 Å². The first-order valence-electron chi connectivity index (χ1n) is 5.50. The van der Waals surface area contributed by atoms with Crippen LogP contribution in [0.3, 0.4) is 0 Å². The van der Waals surface area contributed by atoms with E-state index >= 15 is 0 Å². The molecule has 2 atom stereocenters. The van der Waals surface area contributed by atoms with E-state index in [0.717, 1.165) is 19.3 Å². The summed E-state index contributed by atoms with van der Waals surface area (Å²) in [5.74, 6) is 1.13. The Bertz CT molecular complexity index is 353. The normalized spacial score (nSPS) is 26.6. The maximum Gasteiger partial charge on any atom is 0.136 e. The van der Waals surface area contributed by atoms with Crippen LogP contribution in [0.15, 0.2) is 24.3 Å². The molecule has 1 aromatic rings. The van der Waals surface area contributed by atoms with Crippen LogP contribution in [0.2, 0.25) is 0 Å². The molecule has 1 aromatic carbocycles. The molecule has 15 heavy (non-hydrogen) atoms. The van der Waals surface area contributed by atoms with Crippen molar-refractivity contribution >= 4 is 5.78 Å². The van der Waals surface area contributed by atoms with Gasteiger partial charge in [-0.2, -0.15) is 0 Å². The average Bonchev–Trinajstić information content (AvgIpc) is 2.24. The second-order valence-electron chi connectivity index (χ2n) is 4.35. The Morgan fingerprint density at radius 1 is 1.27 bits per heavy atom. The number of hydrogen-bond acceptors (Lipinski definition) is 2. The summed E-state index contributed by atoms with van der Waals surface area (Å²) in [6, 6.07) is 7.24. The number of phenolic OH excluding ortho intramolecular Hbond substituents is 1. The highest BCUT2D eigenvalue weighted by molar-refractivity contribution is 5.82. The number of phenols is 1. The molecule has 80 valence electrons. The Morgan fingerprint density at radius 3 is 2.60 bits per heavy atom. The SMILES string of the molecule is C[C@H]1C(=O)CCC[C@@H]1c1ccc(O)cc1. The predicted octanol–water partition coefficient (Wildman–Crippen LogP) is 2.86. The molecule has 0 heterocycles. The maximum atomic E-state index is 11.6. The van der Waals surface area contributed by atoms with E-state index in [1.54, 1.807) is 12.1 Å². The third-order valence-corrected chi connectivity index (χ3v) is 3.37. The molecule has 1 aliphatic rings. The van der Waals surface area contributed by atoms with Gasteiger partial charge < -0.3 is 5.11 Å². The highest BCUT2D eigenvalue weighted by Gasteiger charge is 2.28. The first-order chi connectivity index (χ1) is 7.18. The number of carbonyl (C=O) groups is 1. The quantitative estimate of drug-likeness (QED) is 0.763. The number of ketones is 1. The first-order valence-corrected chi connectivity index (χ1v) is 5.50. The first kappa shape index (κ1) is 10.2. The molecule has 0 unspecified atom stereocenters. The summed E-state index contributed by atoms with van der Waals surface area (Å²) in [5, 5.41) is 9.21. The van der Waals surface area contributed by atoms with Gasteiger partial charge in [-0.05, 0) is 36.5 Å². The van der Waals surface area contributed by atoms with Gasteiger partial charge in [-0.3, -0.25) is 4.79 Å². The van der Waals surface area contributed by atoms with Crippen LogP contribution < -0.4 is 0 Å². The molecule has 0 radical (unpaired) electrons. The number of Topliss-reactive ketones (excluding diaryl/α,β-unsaturated/α-hetero) is 1. The van der Waals surface area contributed by atoms with Crippen molar-refractivity contribution in [3.05, 3.63) is 29.8 Å². The lowest BCUT2D eigenvalue weighted by atomic mass is 9.76. The van der Waals surface area contributed by atoms with Gasteiger partial charge in [0.2, 0.25) is 0 Å². The van der Waals surface area contributed by atoms with E-state index < -0.39 is 0 Å². The minimum atomic E-state index is 0.128. The van der Waals surface area contributed by atoms with Gasteiger partial charge in [0, 0.05) is 12.3 Å². The Hall–Kier alpha value is -1.31. The lowest BCUT2D eigenvalue weighted by Crippen LogP contribution is -2.24. The fourth-order valence-corrected chi connectivity index (χ4v) is 2.38. The zero-order valence-corrected chi connectivity index (χ0v) is 8.94. The molecule has 1 fully saturated rings. The number of carbonyl (C=O) groups excluding carboxylic acids is 1. The Morgan fingerprint density at radius 2 is 1.93 bits per heavy atom. The molecule has 0 bridgehead atoms. The van der Waals surface area contributed by atoms with Crippen molar-refractivity contribution in [1.82, 2.24) is 0 Å². The Labute approximate surface area is 89.9 Å². The number of benzene rings is 1. The van der Waals surface area contributed by atoms with Gasteiger partial charge in [0.05, 0.1) is 0 Å². The zero-order chi connectivity index (χ0) is 10.8. The lowest BCUT2D eigenvalue weighted by molar-refractivity contribution is -0.124. The molecule has 2 nitrogen and oxygen atoms in total. The van der Waals surface area contributed by atoms with Crippen molar-refractivity contribution < 1.29 is 9.90 Å². The van der Waals surface area contributed by atoms with Gasteiger partial charge >= 0.3 is 0 Å². The third kappa shape index (κ3) is 2.04. The Balaban J connectivity index is 2.22. The second-order valence-corrected chi connectivity index (χ2v) is 4.35. The molecular formula is C13H16O2. The van der Waals surface area contributed by atoms with Crippen molar-refractivity contribution in [3.63, 3.8) is 0 Å². The minimum Gasteiger partial charge on any atom is -0.508 e. The lowest BCUT2D eigenvalue weighted by Gasteiger charge is -2.27. The second kappa shape index (κ2) is 4.05. The highest BCUT2D eigenvalue weighted by atomic mass is 16.3. The molecule has 2 heteroatoms. The summed E-state index contributed by atoms with van der Waals surface area (Å²) in [7, 11) is 0. The summed E-state index contributed by atoms with van der Waals surface area (Å²) in [6.45, 7) is 2.01. The summed E-state index contributed by atoms with van der Waals surface area (Å²) in [5.41, 5.74) is 1.17. The van der Waals surface area contributed by atoms with Gasteiger partial charge in [-0.1, -0.05) is 19.1 Å². The summed E-state index contributed by atoms with van der Waals surface area (Å²) < 4.78 is 0. The molecule has 1 N–H and O–H groups in total. The molecule has 2 rings (SSSR count). The average molecular weight is 204 g/mol. The van der Waals surface area contributed by atoms with Crippen molar-refractivity contribution in [3.8, 4) is 5.75 Å². The van der Waals surface area contributed by atoms with Crippen LogP contribution in [0.1, 0.15) is 37.7 Å². The van der Waals surface area contributed by atoms with Crippen LogP contribution >= 0.6 is 0 Å². The summed E-state index contributed by atoms with van der Waals surface area (Å²) in [6.07, 6.45) is 2.81. The summed E-state index contributed by atoms with van der Waals surface area (Å²) in [4.78, 5) is 11.6. The fourth-order valence-electron chi connectivity index (χ4n) is 2.38. The highest BCUT2D eigenvalue weighted by Crippen LogP contribution is 2.35. The van der Waals surface area contributed by atoms with E-state index in [0.29, 0.717) is 11.7 Å². The fraction of sp³-hybridized carbons (Fsp3) is 0.462. The van der Waals surface area contributed by atoms with Gasteiger partial charge in [0.25, 0.3) is 0 Å². The molecule has 0 amide bonds. The van der Waals surface area contributed by atoms with E-state index in [4.69, 9.17) is 0 Å². The van der Waals surface area contributed by atoms with Crippen LogP contribution in [0.25, 0.3) is 0 Å². The summed E-state index contributed by atoms with van der Waals surface area (Å²) >= 11 is 0. The number of aromatic hydroxyl groups is 1. The topological polar surface area (TPSA) is 37.3 Å². The zero-order valence-electron chi connectivity index (χ0n) is 8.94. The van der Waals surface area contributed by atoms with Crippen molar-refractivity contribution in [2.75, 3.05) is 0 Å². The van der Waals surface area contributed by atoms with Crippen LogP contribution in [0, 0.1) is 5.92 Å². The van der Waals surface area contributed by atoms with Gasteiger partial charge in [-0.25, -0.2) is 0 Å². The molecule has 0 saturated heterocycles. The van der Waals surface area contributed by atoms with E-state index in [-0.39, 0.29) is 11.7 Å². The van der Waals surface area contributed by atoms with Crippen molar-refractivity contribution in [2.24, 2.45) is 5.92 Å². The van der Waals surface area contributed by atoms with Crippen LogP contribution in [-0.2, 0) is 4.79 Å². The van der Waals surface area contributed by atoms with E-state index in [1.807, 2.05) is 19.1 Å². The van der Waals surface area contributed by atoms with Gasteiger partial charge in [0.15, 0.2) is 0 Å². The largest absolute Gasteiger partial charge is 0.508 e. The van der Waals surface area contributed by atoms with Crippen LogP contribution in [0.4, 0.5) is 0 Å². The van der Waals surface area contributed by atoms with E-state index in [1.165, 1.54) is 5.56 Å². The van der Waals surface area contributed by atoms with Crippen molar-refractivity contribution in [2.45, 2.75) is 32.1 Å². The standard InChI is InChI=1S/C13H16O2/c1-9-12(3-2-4-13(9)15)10-5-7-11(14)8-6-10/h5-9,12,14H,2-4H2,1H3/t9-,12+/m1/s1. The molecule has 0 aliphatic heterocycles. The van der Waals surface area contributed by atoms with Crippen molar-refractivity contribution in [1.29, 1.82) is 0 Å². The predicted molar refractivity (Wildman–Crippen MR) is 58.9 cm³/mol. The van der Waals surface area contributed by atoms with Gasteiger partial charge in [-0.15, -0.1) is 0 Å². The molecule has 0 spiro atoms. The molecule has 0 aromatic heterocycles. The molecular weight excluding hydrogens is 188 g/mol. The van der Waals surface area contributed by atoms with Crippen LogP contribution in [0.5, 0.6) is 5.75 Å².